The summed E-state index contributed by atoms with van der Waals surface area (Å²) < 4.78 is 18.0. The molecular weight excluding hydrogens is 311 g/mol. The molecule has 82 valence electrons. The summed E-state index contributed by atoms with van der Waals surface area (Å²) in [7, 11) is 0. The molecule has 1 unspecified atom stereocenters. The zero-order valence-electron chi connectivity index (χ0n) is 7.13. The zero-order chi connectivity index (χ0) is 11.6. The van der Waals surface area contributed by atoms with Gasteiger partial charge in [-0.2, -0.15) is 0 Å². The van der Waals surface area contributed by atoms with E-state index in [9.17, 15) is 9.18 Å². The van der Waals surface area contributed by atoms with Gasteiger partial charge in [0.25, 0.3) is 0 Å². The number of carboxylic acids is 1. The summed E-state index contributed by atoms with van der Waals surface area (Å²) in [6.45, 7) is -0.639. The Balaban J connectivity index is 3.04. The first-order chi connectivity index (χ1) is 6.93. The maximum atomic E-state index is 13.0. The van der Waals surface area contributed by atoms with Gasteiger partial charge in [0.2, 0.25) is 0 Å². The van der Waals surface area contributed by atoms with Crippen LogP contribution in [-0.4, -0.2) is 39.5 Å². The predicted molar refractivity (Wildman–Crippen MR) is 55.5 cm³/mol. The van der Waals surface area contributed by atoms with Gasteiger partial charge in [-0.15, -0.1) is 0 Å². The molecule has 15 heavy (non-hydrogen) atoms. The number of rotatable bonds is 3. The van der Waals surface area contributed by atoms with E-state index in [0.717, 1.165) is 16.9 Å². The molecule has 0 aliphatic heterocycles. The van der Waals surface area contributed by atoms with Crippen LogP contribution >= 0.6 is 23.2 Å². The fourth-order valence-electron chi connectivity index (χ4n) is 0.736. The summed E-state index contributed by atoms with van der Waals surface area (Å²) in [6.07, 6.45) is 0. The third-order valence-electron chi connectivity index (χ3n) is 1.37. The van der Waals surface area contributed by atoms with Crippen LogP contribution in [0, 0.1) is 5.95 Å². The van der Waals surface area contributed by atoms with Crippen molar-refractivity contribution in [1.82, 2.24) is 4.98 Å². The molecule has 0 fully saturated rings. The monoisotopic (exact) mass is 315 g/mol. The molecule has 0 spiro atoms. The van der Waals surface area contributed by atoms with E-state index in [1.54, 1.807) is 0 Å². The van der Waals surface area contributed by atoms with Crippen LogP contribution in [0.25, 0.3) is 0 Å². The van der Waals surface area contributed by atoms with E-state index in [0.29, 0.717) is 4.35 Å². The molecule has 0 aliphatic carbocycles. The number of ether oxygens (including phenoxy) is 1. The van der Waals surface area contributed by atoms with Gasteiger partial charge in [0, 0.05) is 0 Å². The second-order valence-electron chi connectivity index (χ2n) is 2.43. The molecule has 1 heterocycles. The second kappa shape index (κ2) is 5.01. The average molecular weight is 316 g/mol. The summed E-state index contributed by atoms with van der Waals surface area (Å²) in [5.74, 6) is -2.40. The average Bonchev–Trinajstić information content (AvgIpc) is 2.18. The van der Waals surface area contributed by atoms with Gasteiger partial charge in [-0.05, 0) is 0 Å². The van der Waals surface area contributed by atoms with Gasteiger partial charge in [-0.1, -0.05) is 0 Å². The standard InChI is InChI=1S/C7H5AsCl2FNO3/c8-3-4(9)6(11)12-7(5(3)10)15-1-2(13)14/h1,8H2,(H,13,14). The normalized spacial score (nSPS) is 10.1. The number of aromatic nitrogens is 1. The van der Waals surface area contributed by atoms with Crippen LogP contribution in [0.2, 0.25) is 10.0 Å². The van der Waals surface area contributed by atoms with Crippen LogP contribution in [0.5, 0.6) is 5.88 Å². The molecule has 0 saturated heterocycles. The van der Waals surface area contributed by atoms with Crippen LogP contribution in [-0.2, 0) is 4.79 Å². The summed E-state index contributed by atoms with van der Waals surface area (Å²) in [5.41, 5.74) is 0. The van der Waals surface area contributed by atoms with E-state index in [-0.39, 0.29) is 15.9 Å². The Labute approximate surface area is 103 Å². The van der Waals surface area contributed by atoms with E-state index in [1.165, 1.54) is 0 Å². The zero-order valence-corrected chi connectivity index (χ0v) is 11.1. The fraction of sp³-hybridized carbons (Fsp3) is 0.143. The van der Waals surface area contributed by atoms with Gasteiger partial charge in [0.1, 0.15) is 0 Å². The van der Waals surface area contributed by atoms with E-state index in [2.05, 4.69) is 9.72 Å². The minimum absolute atomic E-state index is 0.0302. The number of nitrogens with zero attached hydrogens (tertiary/aromatic N) is 1. The molecule has 0 bridgehead atoms. The third-order valence-corrected chi connectivity index (χ3v) is 4.08. The Morgan fingerprint density at radius 3 is 2.67 bits per heavy atom. The van der Waals surface area contributed by atoms with Gasteiger partial charge in [0.15, 0.2) is 0 Å². The number of hydrogen-bond donors (Lipinski definition) is 1. The number of hydrogen-bond acceptors (Lipinski definition) is 3. The Hall–Kier alpha value is -0.512. The molecule has 1 N–H and O–H groups in total. The number of carbonyl (C=O) groups is 1. The van der Waals surface area contributed by atoms with E-state index in [4.69, 9.17) is 28.3 Å². The van der Waals surface area contributed by atoms with Crippen molar-refractivity contribution in [2.24, 2.45) is 0 Å². The van der Waals surface area contributed by atoms with Gasteiger partial charge < -0.3 is 0 Å². The Morgan fingerprint density at radius 2 is 2.13 bits per heavy atom. The molecular formula is C7H5AsCl2FNO3. The molecule has 0 aromatic carbocycles. The van der Waals surface area contributed by atoms with Gasteiger partial charge in [-0.3, -0.25) is 0 Å². The SMILES string of the molecule is O=C(O)COc1nc(F)c(Cl)c([AsH2])c1Cl. The van der Waals surface area contributed by atoms with Crippen molar-refractivity contribution in [3.63, 3.8) is 0 Å². The van der Waals surface area contributed by atoms with Crippen LogP contribution in [0.1, 0.15) is 0 Å². The molecule has 1 rings (SSSR count). The predicted octanol–water partition coefficient (Wildman–Crippen LogP) is 0.249. The summed E-state index contributed by atoms with van der Waals surface area (Å²) >= 11 is 12.3. The number of carboxylic acid groups (broad SMARTS) is 1. The molecule has 0 saturated carbocycles. The Bertz CT molecular complexity index is 416. The van der Waals surface area contributed by atoms with E-state index in [1.807, 2.05) is 0 Å². The number of aliphatic carboxylic acids is 1. The summed E-state index contributed by atoms with van der Waals surface area (Å²) in [4.78, 5) is 13.5. The fourth-order valence-corrected chi connectivity index (χ4v) is 1.62. The van der Waals surface area contributed by atoms with Crippen molar-refractivity contribution >= 4 is 50.4 Å². The van der Waals surface area contributed by atoms with E-state index < -0.39 is 18.5 Å². The molecule has 4 nitrogen and oxygen atoms in total. The Kier molecular flexibility index (Phi) is 4.20. The van der Waals surface area contributed by atoms with Crippen LogP contribution in [0.3, 0.4) is 0 Å². The number of halogens is 3. The summed E-state index contributed by atoms with van der Waals surface area (Å²) in [6, 6.07) is 0. The van der Waals surface area contributed by atoms with Crippen molar-refractivity contribution in [2.45, 2.75) is 0 Å². The van der Waals surface area contributed by atoms with Gasteiger partial charge in [0.05, 0.1) is 0 Å². The van der Waals surface area contributed by atoms with Crippen LogP contribution in [0.4, 0.5) is 4.39 Å². The topological polar surface area (TPSA) is 59.4 Å². The quantitative estimate of drug-likeness (QED) is 0.641. The molecule has 0 amide bonds. The third kappa shape index (κ3) is 2.97. The molecule has 8 heteroatoms. The first-order valence-electron chi connectivity index (χ1n) is 3.58. The van der Waals surface area contributed by atoms with Crippen molar-refractivity contribution in [3.05, 3.63) is 16.0 Å². The molecule has 0 aliphatic rings. The van der Waals surface area contributed by atoms with Crippen molar-refractivity contribution in [3.8, 4) is 5.88 Å². The molecule has 1 aromatic rings. The minimum atomic E-state index is -1.20. The Morgan fingerprint density at radius 1 is 1.53 bits per heavy atom. The maximum absolute atomic E-state index is 13.0. The first kappa shape index (κ1) is 12.6. The van der Waals surface area contributed by atoms with Gasteiger partial charge in [-0.25, -0.2) is 0 Å². The van der Waals surface area contributed by atoms with Crippen molar-refractivity contribution < 1.29 is 19.0 Å². The molecule has 1 aromatic heterocycles. The summed E-state index contributed by atoms with van der Waals surface area (Å²) in [5, 5.41) is 8.20. The molecule has 1 atom stereocenters. The van der Waals surface area contributed by atoms with Crippen LogP contribution in [0.15, 0.2) is 0 Å². The van der Waals surface area contributed by atoms with Crippen molar-refractivity contribution in [2.75, 3.05) is 6.61 Å². The molecule has 0 radical (unpaired) electrons. The first-order valence-corrected chi connectivity index (χ1v) is 5.54. The van der Waals surface area contributed by atoms with Crippen molar-refractivity contribution in [1.29, 1.82) is 0 Å². The second-order valence-corrected chi connectivity index (χ2v) is 4.40. The van der Waals surface area contributed by atoms with Gasteiger partial charge >= 0.3 is 103 Å². The van der Waals surface area contributed by atoms with E-state index >= 15 is 0 Å². The van der Waals surface area contributed by atoms with Crippen LogP contribution < -0.4 is 9.09 Å². The number of pyridine rings is 1.